The fourth-order valence-electron chi connectivity index (χ4n) is 2.60. The Hall–Kier alpha value is -3.95. The lowest BCUT2D eigenvalue weighted by molar-refractivity contribution is -0.136. The van der Waals surface area contributed by atoms with E-state index in [9.17, 15) is 18.8 Å². The van der Waals surface area contributed by atoms with Crippen molar-refractivity contribution in [3.8, 4) is 5.75 Å². The highest BCUT2D eigenvalue weighted by atomic mass is 35.5. The molecule has 0 aromatic heterocycles. The molecule has 3 aromatic rings. The standard InChI is InChI=1S/C23H17Cl2FN4O4/c24-15-7-5-10-18(21(15)25)28-20(31)13-34-19-11-4-1-6-14(19)12-27-30-23(33)22(32)29-17-9-3-2-8-16(17)26/h1-12H,13H2,(H,28,31)(H,29,32)(H,30,33)/b27-12-. The second-order valence-electron chi connectivity index (χ2n) is 6.61. The van der Waals surface area contributed by atoms with E-state index >= 15 is 0 Å². The molecule has 0 aliphatic rings. The molecule has 0 unspecified atom stereocenters. The third-order valence-electron chi connectivity index (χ3n) is 4.20. The molecule has 0 saturated carbocycles. The van der Waals surface area contributed by atoms with Gasteiger partial charge in [0.05, 0.1) is 27.6 Å². The number of hydrogen-bond acceptors (Lipinski definition) is 5. The fraction of sp³-hybridized carbons (Fsp3) is 0.0435. The number of rotatable bonds is 7. The van der Waals surface area contributed by atoms with Gasteiger partial charge in [-0.15, -0.1) is 0 Å². The van der Waals surface area contributed by atoms with Crippen molar-refractivity contribution in [3.05, 3.63) is 88.2 Å². The summed E-state index contributed by atoms with van der Waals surface area (Å²) in [6.07, 6.45) is 1.23. The predicted octanol–water partition coefficient (Wildman–Crippen LogP) is 4.24. The molecule has 0 bridgehead atoms. The Labute approximate surface area is 203 Å². The number of hydrogen-bond donors (Lipinski definition) is 3. The minimum absolute atomic E-state index is 0.136. The predicted molar refractivity (Wildman–Crippen MR) is 128 cm³/mol. The van der Waals surface area contributed by atoms with Gasteiger partial charge in [0.15, 0.2) is 6.61 Å². The molecule has 174 valence electrons. The summed E-state index contributed by atoms with van der Waals surface area (Å²) in [5.74, 6) is -3.06. The molecule has 34 heavy (non-hydrogen) atoms. The third kappa shape index (κ3) is 6.77. The van der Waals surface area contributed by atoms with Crippen molar-refractivity contribution in [2.45, 2.75) is 0 Å². The Kier molecular flexibility index (Phi) is 8.55. The lowest BCUT2D eigenvalue weighted by Crippen LogP contribution is -2.32. The number of nitrogens with zero attached hydrogens (tertiary/aromatic N) is 1. The second-order valence-corrected chi connectivity index (χ2v) is 7.39. The molecule has 0 spiro atoms. The highest BCUT2D eigenvalue weighted by Gasteiger charge is 2.15. The van der Waals surface area contributed by atoms with Gasteiger partial charge in [0.1, 0.15) is 11.6 Å². The summed E-state index contributed by atoms with van der Waals surface area (Å²) in [5.41, 5.74) is 2.67. The van der Waals surface area contributed by atoms with Crippen molar-refractivity contribution >= 4 is 58.5 Å². The maximum absolute atomic E-state index is 13.6. The summed E-state index contributed by atoms with van der Waals surface area (Å²) in [6, 6.07) is 16.8. The molecular weight excluding hydrogens is 486 g/mol. The number of hydrazone groups is 1. The Morgan fingerprint density at radius 3 is 2.38 bits per heavy atom. The number of anilines is 2. The topological polar surface area (TPSA) is 109 Å². The first kappa shape index (κ1) is 24.7. The van der Waals surface area contributed by atoms with Gasteiger partial charge in [0, 0.05) is 5.56 Å². The zero-order valence-corrected chi connectivity index (χ0v) is 18.9. The second kappa shape index (κ2) is 11.8. The van der Waals surface area contributed by atoms with Crippen molar-refractivity contribution in [1.29, 1.82) is 0 Å². The summed E-state index contributed by atoms with van der Waals surface area (Å²) >= 11 is 12.0. The highest BCUT2D eigenvalue weighted by Crippen LogP contribution is 2.29. The largest absolute Gasteiger partial charge is 0.483 e. The van der Waals surface area contributed by atoms with Gasteiger partial charge in [-0.05, 0) is 36.4 Å². The molecular formula is C23H17Cl2FN4O4. The molecule has 0 aliphatic heterocycles. The van der Waals surface area contributed by atoms with Crippen LogP contribution in [0.15, 0.2) is 71.8 Å². The van der Waals surface area contributed by atoms with Gasteiger partial charge in [-0.2, -0.15) is 5.10 Å². The summed E-state index contributed by atoms with van der Waals surface area (Å²) in [6.45, 7) is -0.342. The minimum atomic E-state index is -1.10. The zero-order chi connectivity index (χ0) is 24.5. The normalized spacial score (nSPS) is 10.6. The number of benzene rings is 3. The molecule has 3 aromatic carbocycles. The SMILES string of the molecule is O=C(COc1ccccc1/C=N\NC(=O)C(=O)Nc1ccccc1F)Nc1cccc(Cl)c1Cl. The Morgan fingerprint density at radius 2 is 1.59 bits per heavy atom. The van der Waals surface area contributed by atoms with Crippen LogP contribution in [0.5, 0.6) is 5.75 Å². The van der Waals surface area contributed by atoms with Crippen molar-refractivity contribution < 1.29 is 23.5 Å². The number of halogens is 3. The quantitative estimate of drug-likeness (QED) is 0.255. The van der Waals surface area contributed by atoms with E-state index in [0.29, 0.717) is 22.0 Å². The van der Waals surface area contributed by atoms with E-state index in [4.69, 9.17) is 27.9 Å². The zero-order valence-electron chi connectivity index (χ0n) is 17.3. The molecule has 0 aliphatic carbocycles. The van der Waals surface area contributed by atoms with Gasteiger partial charge in [-0.1, -0.05) is 53.5 Å². The first-order valence-corrected chi connectivity index (χ1v) is 10.5. The van der Waals surface area contributed by atoms with Gasteiger partial charge in [0.2, 0.25) is 0 Å². The molecule has 3 rings (SSSR count). The molecule has 3 N–H and O–H groups in total. The monoisotopic (exact) mass is 502 g/mol. The number of ether oxygens (including phenoxy) is 1. The molecule has 8 nitrogen and oxygen atoms in total. The van der Waals surface area contributed by atoms with Crippen LogP contribution in [0.1, 0.15) is 5.56 Å². The Bertz CT molecular complexity index is 1250. The van der Waals surface area contributed by atoms with E-state index in [1.54, 1.807) is 42.5 Å². The molecule has 0 radical (unpaired) electrons. The van der Waals surface area contributed by atoms with Crippen LogP contribution in [-0.2, 0) is 14.4 Å². The Morgan fingerprint density at radius 1 is 0.882 bits per heavy atom. The lowest BCUT2D eigenvalue weighted by Gasteiger charge is -2.11. The maximum atomic E-state index is 13.6. The molecule has 0 atom stereocenters. The van der Waals surface area contributed by atoms with Crippen LogP contribution in [0.25, 0.3) is 0 Å². The van der Waals surface area contributed by atoms with Gasteiger partial charge in [0.25, 0.3) is 5.91 Å². The van der Waals surface area contributed by atoms with E-state index in [1.807, 2.05) is 5.43 Å². The van der Waals surface area contributed by atoms with Crippen LogP contribution in [0.4, 0.5) is 15.8 Å². The highest BCUT2D eigenvalue weighted by molar-refractivity contribution is 6.44. The van der Waals surface area contributed by atoms with Gasteiger partial charge < -0.3 is 15.4 Å². The summed E-state index contributed by atoms with van der Waals surface area (Å²) in [7, 11) is 0. The molecule has 0 saturated heterocycles. The summed E-state index contributed by atoms with van der Waals surface area (Å²) < 4.78 is 19.1. The van der Waals surface area contributed by atoms with Gasteiger partial charge in [-0.3, -0.25) is 14.4 Å². The number of amides is 3. The van der Waals surface area contributed by atoms with E-state index in [-0.39, 0.29) is 17.3 Å². The van der Waals surface area contributed by atoms with Crippen molar-refractivity contribution in [3.63, 3.8) is 0 Å². The van der Waals surface area contributed by atoms with Gasteiger partial charge in [-0.25, -0.2) is 9.82 Å². The summed E-state index contributed by atoms with van der Waals surface area (Å²) in [5, 5.41) is 8.95. The van der Waals surface area contributed by atoms with Crippen molar-refractivity contribution in [2.24, 2.45) is 5.10 Å². The molecule has 0 fully saturated rings. The molecule has 3 amide bonds. The summed E-state index contributed by atoms with van der Waals surface area (Å²) in [4.78, 5) is 36.0. The first-order chi connectivity index (χ1) is 16.3. The number of carbonyl (C=O) groups is 3. The van der Waals surface area contributed by atoms with Crippen LogP contribution >= 0.6 is 23.2 Å². The van der Waals surface area contributed by atoms with Crippen LogP contribution in [0.3, 0.4) is 0 Å². The van der Waals surface area contributed by atoms with Crippen molar-refractivity contribution in [2.75, 3.05) is 17.2 Å². The molecule has 0 heterocycles. The van der Waals surface area contributed by atoms with Crippen LogP contribution < -0.4 is 20.8 Å². The van der Waals surface area contributed by atoms with Gasteiger partial charge >= 0.3 is 11.8 Å². The number of para-hydroxylation sites is 2. The fourth-order valence-corrected chi connectivity index (χ4v) is 2.95. The number of nitrogens with one attached hydrogen (secondary N) is 3. The van der Waals surface area contributed by atoms with E-state index in [2.05, 4.69) is 15.7 Å². The Balaban J connectivity index is 1.55. The van der Waals surface area contributed by atoms with Crippen molar-refractivity contribution in [1.82, 2.24) is 5.43 Å². The minimum Gasteiger partial charge on any atom is -0.483 e. The van der Waals surface area contributed by atoms with E-state index in [1.165, 1.54) is 24.4 Å². The average Bonchev–Trinajstić information content (AvgIpc) is 2.82. The van der Waals surface area contributed by atoms with Crippen LogP contribution in [-0.4, -0.2) is 30.5 Å². The van der Waals surface area contributed by atoms with Crippen LogP contribution in [0.2, 0.25) is 10.0 Å². The number of carbonyl (C=O) groups excluding carboxylic acids is 3. The average molecular weight is 503 g/mol. The van der Waals surface area contributed by atoms with Crippen LogP contribution in [0, 0.1) is 5.82 Å². The van der Waals surface area contributed by atoms with E-state index < -0.39 is 23.5 Å². The first-order valence-electron chi connectivity index (χ1n) is 9.69. The maximum Gasteiger partial charge on any atom is 0.329 e. The van der Waals surface area contributed by atoms with E-state index in [0.717, 1.165) is 6.07 Å². The molecule has 11 heteroatoms. The lowest BCUT2D eigenvalue weighted by atomic mass is 10.2. The third-order valence-corrected chi connectivity index (χ3v) is 5.02. The smallest absolute Gasteiger partial charge is 0.329 e.